The maximum Gasteiger partial charge on any atom is 0.350 e. The molecule has 4 rings (SSSR count). The van der Waals surface area contributed by atoms with Crippen LogP contribution >= 0.6 is 11.3 Å². The molecule has 0 radical (unpaired) electrons. The molecule has 2 heterocycles. The fourth-order valence-corrected chi connectivity index (χ4v) is 5.94. The van der Waals surface area contributed by atoms with Gasteiger partial charge in [0.05, 0.1) is 37.6 Å². The summed E-state index contributed by atoms with van der Waals surface area (Å²) >= 11 is 0.924. The number of aromatic nitrogens is 1. The molecule has 1 aliphatic heterocycles. The van der Waals surface area contributed by atoms with E-state index in [1.165, 1.54) is 18.1 Å². The standard InChI is InChI=1S/C35H40N2O8S/c1-6-9-11-19-44-26-16-15-23(21-27(26)42-5)29-28(30(38)24-13-12-14-25(20-24)43-18-10-7-2)31(39)33(40)37(29)35-36-22(4)32(46-35)34(41)45-17-8-3/h8,12-16,20-21,29,38H,3,6-7,9-11,17-19H2,1-2,4-5H3/b30-28+. The highest BCUT2D eigenvalue weighted by Crippen LogP contribution is 2.45. The Morgan fingerprint density at radius 2 is 1.80 bits per heavy atom. The van der Waals surface area contributed by atoms with Crippen LogP contribution in [0.15, 0.2) is 60.7 Å². The molecule has 0 saturated carbocycles. The van der Waals surface area contributed by atoms with Gasteiger partial charge in [0.2, 0.25) is 0 Å². The molecule has 1 fully saturated rings. The molecule has 1 amide bonds. The minimum absolute atomic E-state index is 0.00387. The Morgan fingerprint density at radius 1 is 1.04 bits per heavy atom. The smallest absolute Gasteiger partial charge is 0.350 e. The van der Waals surface area contributed by atoms with Crippen molar-refractivity contribution in [2.24, 2.45) is 0 Å². The zero-order valence-electron chi connectivity index (χ0n) is 26.7. The van der Waals surface area contributed by atoms with Crippen molar-refractivity contribution in [3.05, 3.63) is 82.4 Å². The van der Waals surface area contributed by atoms with Crippen LogP contribution in [0.5, 0.6) is 17.2 Å². The highest BCUT2D eigenvalue weighted by molar-refractivity contribution is 7.17. The van der Waals surface area contributed by atoms with Crippen LogP contribution in [0.3, 0.4) is 0 Å². The van der Waals surface area contributed by atoms with Crippen molar-refractivity contribution in [2.75, 3.05) is 31.8 Å². The Hall–Kier alpha value is -4.64. The zero-order chi connectivity index (χ0) is 33.2. The van der Waals surface area contributed by atoms with Crippen LogP contribution in [0.25, 0.3) is 5.76 Å². The zero-order valence-corrected chi connectivity index (χ0v) is 27.5. The first-order chi connectivity index (χ1) is 22.2. The molecule has 0 aliphatic carbocycles. The lowest BCUT2D eigenvalue weighted by molar-refractivity contribution is -0.132. The lowest BCUT2D eigenvalue weighted by Crippen LogP contribution is -2.29. The molecule has 1 N–H and O–H groups in total. The number of nitrogens with zero attached hydrogens (tertiary/aromatic N) is 2. The summed E-state index contributed by atoms with van der Waals surface area (Å²) in [6.45, 7) is 10.4. The van der Waals surface area contributed by atoms with Crippen LogP contribution in [0.4, 0.5) is 5.13 Å². The van der Waals surface area contributed by atoms with E-state index in [1.807, 2.05) is 0 Å². The van der Waals surface area contributed by atoms with Crippen molar-refractivity contribution in [1.29, 1.82) is 0 Å². The first-order valence-electron chi connectivity index (χ1n) is 15.4. The Bertz CT molecular complexity index is 1610. The maximum atomic E-state index is 13.8. The van der Waals surface area contributed by atoms with E-state index in [0.717, 1.165) is 43.4 Å². The van der Waals surface area contributed by atoms with Gasteiger partial charge < -0.3 is 24.1 Å². The minimum Gasteiger partial charge on any atom is -0.507 e. The van der Waals surface area contributed by atoms with Gasteiger partial charge in [0.25, 0.3) is 5.78 Å². The van der Waals surface area contributed by atoms with Crippen LogP contribution < -0.4 is 19.1 Å². The number of hydrogen-bond acceptors (Lipinski definition) is 10. The fourth-order valence-electron chi connectivity index (χ4n) is 4.95. The SMILES string of the molecule is C=CCOC(=O)c1sc(N2C(=O)C(=O)/C(=C(/O)c3cccc(OCCCC)c3)C2c2ccc(OCCCCC)c(OC)c2)nc1C. The molecule has 3 aromatic rings. The first kappa shape index (κ1) is 34.2. The average molecular weight is 649 g/mol. The van der Waals surface area contributed by atoms with Gasteiger partial charge in [-0.3, -0.25) is 14.5 Å². The van der Waals surface area contributed by atoms with Gasteiger partial charge in [-0.2, -0.15) is 0 Å². The van der Waals surface area contributed by atoms with Gasteiger partial charge in [-0.25, -0.2) is 9.78 Å². The van der Waals surface area contributed by atoms with E-state index in [1.54, 1.807) is 49.4 Å². The number of amides is 1. The van der Waals surface area contributed by atoms with Crippen LogP contribution in [0.1, 0.15) is 78.5 Å². The number of ketones is 1. The van der Waals surface area contributed by atoms with Gasteiger partial charge in [-0.1, -0.05) is 75.3 Å². The van der Waals surface area contributed by atoms with E-state index in [-0.39, 0.29) is 27.9 Å². The number of aryl methyl sites for hydroxylation is 1. The maximum absolute atomic E-state index is 13.8. The summed E-state index contributed by atoms with van der Waals surface area (Å²) in [7, 11) is 1.50. The van der Waals surface area contributed by atoms with Crippen molar-refractivity contribution in [2.45, 2.75) is 58.9 Å². The molecule has 1 atom stereocenters. The highest BCUT2D eigenvalue weighted by Gasteiger charge is 2.48. The lowest BCUT2D eigenvalue weighted by atomic mass is 9.95. The summed E-state index contributed by atoms with van der Waals surface area (Å²) < 4.78 is 22.6. The summed E-state index contributed by atoms with van der Waals surface area (Å²) in [6.07, 6.45) is 6.22. The summed E-state index contributed by atoms with van der Waals surface area (Å²) in [5, 5.41) is 11.8. The first-order valence-corrected chi connectivity index (χ1v) is 16.2. The third kappa shape index (κ3) is 7.59. The van der Waals surface area contributed by atoms with E-state index >= 15 is 0 Å². The molecule has 1 aromatic heterocycles. The van der Waals surface area contributed by atoms with Gasteiger partial charge in [-0.15, -0.1) is 0 Å². The van der Waals surface area contributed by atoms with Crippen LogP contribution in [0, 0.1) is 6.92 Å². The van der Waals surface area contributed by atoms with Crippen LogP contribution in [-0.2, 0) is 14.3 Å². The number of thiazole rings is 1. The van der Waals surface area contributed by atoms with Gasteiger partial charge in [0.1, 0.15) is 23.0 Å². The van der Waals surface area contributed by atoms with Crippen molar-refractivity contribution < 1.29 is 38.4 Å². The number of Topliss-reactive ketones (excluding diaryl/α,β-unsaturated/α-hetero) is 1. The van der Waals surface area contributed by atoms with Crippen molar-refractivity contribution >= 4 is 39.9 Å². The Balaban J connectivity index is 1.84. The van der Waals surface area contributed by atoms with E-state index in [9.17, 15) is 19.5 Å². The molecule has 1 unspecified atom stereocenters. The number of benzene rings is 2. The number of hydrogen-bond donors (Lipinski definition) is 1. The quantitative estimate of drug-likeness (QED) is 0.0430. The van der Waals surface area contributed by atoms with Gasteiger partial charge in [0, 0.05) is 5.56 Å². The number of aliphatic hydroxyl groups is 1. The largest absolute Gasteiger partial charge is 0.507 e. The van der Waals surface area contributed by atoms with E-state index in [0.29, 0.717) is 47.3 Å². The lowest BCUT2D eigenvalue weighted by Gasteiger charge is -2.24. The third-order valence-electron chi connectivity index (χ3n) is 7.34. The predicted molar refractivity (Wildman–Crippen MR) is 177 cm³/mol. The highest BCUT2D eigenvalue weighted by atomic mass is 32.1. The molecule has 244 valence electrons. The average Bonchev–Trinajstić information content (AvgIpc) is 3.57. The van der Waals surface area contributed by atoms with E-state index < -0.39 is 23.7 Å². The second kappa shape index (κ2) is 16.1. The fraction of sp³-hybridized carbons (Fsp3) is 0.371. The molecule has 10 nitrogen and oxygen atoms in total. The van der Waals surface area contributed by atoms with E-state index in [4.69, 9.17) is 18.9 Å². The molecular weight excluding hydrogens is 608 g/mol. The number of unbranched alkanes of at least 4 members (excludes halogenated alkanes) is 3. The molecule has 2 aromatic carbocycles. The molecule has 11 heteroatoms. The van der Waals surface area contributed by atoms with Gasteiger partial charge in [0.15, 0.2) is 16.6 Å². The molecular formula is C35H40N2O8S. The molecule has 46 heavy (non-hydrogen) atoms. The van der Waals surface area contributed by atoms with Crippen molar-refractivity contribution in [1.82, 2.24) is 4.98 Å². The molecule has 1 aliphatic rings. The molecule has 1 saturated heterocycles. The number of ether oxygens (including phenoxy) is 4. The summed E-state index contributed by atoms with van der Waals surface area (Å²) in [5.41, 5.74) is 0.972. The monoisotopic (exact) mass is 648 g/mol. The van der Waals surface area contributed by atoms with Gasteiger partial charge >= 0.3 is 11.9 Å². The number of methoxy groups -OCH3 is 1. The number of anilines is 1. The number of carbonyl (C=O) groups excluding carboxylic acids is 3. The number of carbonyl (C=O) groups is 3. The Morgan fingerprint density at radius 3 is 2.52 bits per heavy atom. The van der Waals surface area contributed by atoms with Crippen LogP contribution in [0.2, 0.25) is 0 Å². The summed E-state index contributed by atoms with van der Waals surface area (Å²) in [6, 6.07) is 10.8. The van der Waals surface area contributed by atoms with E-state index in [2.05, 4.69) is 25.4 Å². The van der Waals surface area contributed by atoms with Crippen LogP contribution in [-0.4, -0.2) is 54.7 Å². The Labute approximate surface area is 273 Å². The van der Waals surface area contributed by atoms with Crippen molar-refractivity contribution in [3.8, 4) is 17.2 Å². The van der Waals surface area contributed by atoms with Crippen molar-refractivity contribution in [3.63, 3.8) is 0 Å². The predicted octanol–water partition coefficient (Wildman–Crippen LogP) is 7.18. The molecule has 0 bridgehead atoms. The number of aliphatic hydroxyl groups excluding tert-OH is 1. The second-order valence-electron chi connectivity index (χ2n) is 10.7. The number of esters is 1. The Kier molecular flexibility index (Phi) is 12.0. The number of rotatable bonds is 16. The van der Waals surface area contributed by atoms with Gasteiger partial charge in [-0.05, 0) is 49.6 Å². The minimum atomic E-state index is -1.10. The topological polar surface area (TPSA) is 124 Å². The second-order valence-corrected chi connectivity index (χ2v) is 11.6. The third-order valence-corrected chi connectivity index (χ3v) is 8.47. The normalized spacial score (nSPS) is 15.6. The molecule has 0 spiro atoms. The summed E-state index contributed by atoms with van der Waals surface area (Å²) in [4.78, 5) is 46.1. The summed E-state index contributed by atoms with van der Waals surface area (Å²) in [5.74, 6) is -1.37.